The van der Waals surface area contributed by atoms with Crippen LogP contribution in [0, 0.1) is 0 Å². The molecule has 0 spiro atoms. The van der Waals surface area contributed by atoms with Gasteiger partial charge in [0, 0.05) is 31.0 Å². The smallest absolute Gasteiger partial charge is 0.241 e. The summed E-state index contributed by atoms with van der Waals surface area (Å²) in [5, 5.41) is 0. The molecule has 3 atom stereocenters. The van der Waals surface area contributed by atoms with Crippen LogP contribution in [0.2, 0.25) is 0 Å². The number of hydrogen-bond acceptors (Lipinski definition) is 4. The quantitative estimate of drug-likeness (QED) is 0.499. The molecule has 6 nitrogen and oxygen atoms in total. The lowest BCUT2D eigenvalue weighted by molar-refractivity contribution is -0.144. The van der Waals surface area contributed by atoms with Crippen molar-refractivity contribution in [1.29, 1.82) is 0 Å². The summed E-state index contributed by atoms with van der Waals surface area (Å²) in [6.07, 6.45) is 9.12. The fourth-order valence-corrected chi connectivity index (χ4v) is 4.99. The van der Waals surface area contributed by atoms with E-state index in [1.807, 2.05) is 36.1 Å². The molecule has 0 radical (unpaired) electrons. The second-order valence-corrected chi connectivity index (χ2v) is 8.85. The molecule has 2 aliphatic heterocycles. The number of hydrogen-bond donors (Lipinski definition) is 0. The van der Waals surface area contributed by atoms with Gasteiger partial charge in [0.25, 0.3) is 0 Å². The van der Waals surface area contributed by atoms with Gasteiger partial charge in [-0.15, -0.1) is 6.58 Å². The fourth-order valence-electron chi connectivity index (χ4n) is 4.99. The highest BCUT2D eigenvalue weighted by Crippen LogP contribution is 2.45. The molecule has 4 rings (SSSR count). The van der Waals surface area contributed by atoms with Gasteiger partial charge in [-0.2, -0.15) is 0 Å². The SMILES string of the molecule is C=CC[C@@H]1CC=C[C@@H](C)N1C(=O)C[C@@]1(c2ccc(OC)cc2)CC(=O)N(C2CC2)C1=O. The van der Waals surface area contributed by atoms with Gasteiger partial charge < -0.3 is 9.64 Å². The average molecular weight is 423 g/mol. The Morgan fingerprint density at radius 1 is 1.26 bits per heavy atom. The monoisotopic (exact) mass is 422 g/mol. The van der Waals surface area contributed by atoms with Crippen LogP contribution < -0.4 is 4.74 Å². The lowest BCUT2D eigenvalue weighted by Gasteiger charge is -2.39. The first kappa shape index (κ1) is 21.3. The Labute approximate surface area is 183 Å². The normalized spacial score (nSPS) is 28.2. The molecule has 31 heavy (non-hydrogen) atoms. The highest BCUT2D eigenvalue weighted by atomic mass is 16.5. The van der Waals surface area contributed by atoms with E-state index in [0.717, 1.165) is 19.3 Å². The first-order valence-corrected chi connectivity index (χ1v) is 11.0. The maximum atomic E-state index is 13.7. The van der Waals surface area contributed by atoms with Crippen LogP contribution in [-0.2, 0) is 19.8 Å². The Hall–Kier alpha value is -2.89. The maximum Gasteiger partial charge on any atom is 0.241 e. The van der Waals surface area contributed by atoms with Crippen molar-refractivity contribution < 1.29 is 19.1 Å². The van der Waals surface area contributed by atoms with Crippen molar-refractivity contribution in [2.24, 2.45) is 0 Å². The van der Waals surface area contributed by atoms with E-state index in [4.69, 9.17) is 4.74 Å². The predicted molar refractivity (Wildman–Crippen MR) is 117 cm³/mol. The average Bonchev–Trinajstić information content (AvgIpc) is 3.55. The molecular formula is C25H30N2O4. The second kappa shape index (κ2) is 8.33. The Balaban J connectivity index is 1.70. The van der Waals surface area contributed by atoms with E-state index in [1.165, 1.54) is 4.90 Å². The standard InChI is InChI=1S/C25H30N2O4/c1-4-6-19-8-5-7-17(2)26(19)22(28)15-25(18-9-13-21(31-3)14-10-18)16-23(29)27(24(25)30)20-11-12-20/h4-5,7,9-10,13-14,17,19-20H,1,6,8,11-12,15-16H2,2-3H3/t17-,19-,25+/m1/s1. The molecule has 0 bridgehead atoms. The molecule has 1 saturated heterocycles. The fraction of sp³-hybridized carbons (Fsp3) is 0.480. The molecule has 1 aromatic rings. The van der Waals surface area contributed by atoms with Gasteiger partial charge in [0.2, 0.25) is 17.7 Å². The lowest BCUT2D eigenvalue weighted by atomic mass is 9.75. The van der Waals surface area contributed by atoms with E-state index in [1.54, 1.807) is 19.2 Å². The van der Waals surface area contributed by atoms with Gasteiger partial charge in [-0.25, -0.2) is 0 Å². The summed E-state index contributed by atoms with van der Waals surface area (Å²) in [5.74, 6) is 0.157. The summed E-state index contributed by atoms with van der Waals surface area (Å²) >= 11 is 0. The third-order valence-electron chi connectivity index (χ3n) is 6.74. The minimum Gasteiger partial charge on any atom is -0.497 e. The van der Waals surface area contributed by atoms with E-state index in [0.29, 0.717) is 17.7 Å². The number of carbonyl (C=O) groups is 3. The van der Waals surface area contributed by atoms with Crippen LogP contribution in [0.1, 0.15) is 51.0 Å². The zero-order valence-corrected chi connectivity index (χ0v) is 18.3. The third-order valence-corrected chi connectivity index (χ3v) is 6.74. The summed E-state index contributed by atoms with van der Waals surface area (Å²) in [7, 11) is 1.58. The molecule has 1 saturated carbocycles. The number of ether oxygens (including phenoxy) is 1. The van der Waals surface area contributed by atoms with Gasteiger partial charge in [0.05, 0.1) is 12.5 Å². The second-order valence-electron chi connectivity index (χ2n) is 8.85. The molecule has 0 aromatic heterocycles. The van der Waals surface area contributed by atoms with Crippen LogP contribution in [0.25, 0.3) is 0 Å². The van der Waals surface area contributed by atoms with Crippen molar-refractivity contribution in [3.05, 3.63) is 54.6 Å². The number of nitrogens with zero attached hydrogens (tertiary/aromatic N) is 2. The molecule has 2 fully saturated rings. The number of carbonyl (C=O) groups excluding carboxylic acids is 3. The topological polar surface area (TPSA) is 66.9 Å². The van der Waals surface area contributed by atoms with Crippen molar-refractivity contribution >= 4 is 17.7 Å². The predicted octanol–water partition coefficient (Wildman–Crippen LogP) is 3.37. The summed E-state index contributed by atoms with van der Waals surface area (Å²) in [4.78, 5) is 43.5. The molecule has 3 aliphatic rings. The Morgan fingerprint density at radius 2 is 1.97 bits per heavy atom. The van der Waals surface area contributed by atoms with Crippen LogP contribution in [0.5, 0.6) is 5.75 Å². The van der Waals surface area contributed by atoms with Gasteiger partial charge in [-0.1, -0.05) is 30.4 Å². The van der Waals surface area contributed by atoms with E-state index < -0.39 is 5.41 Å². The van der Waals surface area contributed by atoms with Crippen molar-refractivity contribution in [2.45, 2.75) is 69.0 Å². The summed E-state index contributed by atoms with van der Waals surface area (Å²) in [6.45, 7) is 5.82. The lowest BCUT2D eigenvalue weighted by Crippen LogP contribution is -2.50. The van der Waals surface area contributed by atoms with Gasteiger partial charge in [0.15, 0.2) is 0 Å². The molecular weight excluding hydrogens is 392 g/mol. The minimum atomic E-state index is -1.16. The van der Waals surface area contributed by atoms with Gasteiger partial charge in [-0.3, -0.25) is 19.3 Å². The highest BCUT2D eigenvalue weighted by molar-refractivity contribution is 6.11. The Kier molecular flexibility index (Phi) is 5.73. The van der Waals surface area contributed by atoms with Crippen molar-refractivity contribution in [1.82, 2.24) is 9.80 Å². The molecule has 0 unspecified atom stereocenters. The van der Waals surface area contributed by atoms with E-state index in [-0.39, 0.29) is 48.7 Å². The molecule has 2 heterocycles. The number of benzene rings is 1. The number of amides is 3. The third kappa shape index (κ3) is 3.80. The number of rotatable bonds is 7. The largest absolute Gasteiger partial charge is 0.497 e. The Morgan fingerprint density at radius 3 is 2.58 bits per heavy atom. The van der Waals surface area contributed by atoms with Gasteiger partial charge in [0.1, 0.15) is 5.75 Å². The van der Waals surface area contributed by atoms with Crippen molar-refractivity contribution in [3.8, 4) is 5.75 Å². The van der Waals surface area contributed by atoms with Crippen molar-refractivity contribution in [2.75, 3.05) is 7.11 Å². The van der Waals surface area contributed by atoms with Crippen LogP contribution in [0.3, 0.4) is 0 Å². The minimum absolute atomic E-state index is 0.0133. The zero-order chi connectivity index (χ0) is 22.2. The van der Waals surface area contributed by atoms with Crippen LogP contribution in [-0.4, -0.2) is 52.8 Å². The van der Waals surface area contributed by atoms with Gasteiger partial charge in [-0.05, 0) is 50.3 Å². The first-order valence-electron chi connectivity index (χ1n) is 11.0. The molecule has 6 heteroatoms. The summed E-state index contributed by atoms with van der Waals surface area (Å²) < 4.78 is 5.26. The van der Waals surface area contributed by atoms with Crippen molar-refractivity contribution in [3.63, 3.8) is 0 Å². The summed E-state index contributed by atoms with van der Waals surface area (Å²) in [6, 6.07) is 7.14. The maximum absolute atomic E-state index is 13.7. The summed E-state index contributed by atoms with van der Waals surface area (Å²) in [5.41, 5.74) is -0.466. The van der Waals surface area contributed by atoms with Crippen LogP contribution in [0.4, 0.5) is 0 Å². The zero-order valence-electron chi connectivity index (χ0n) is 18.3. The van der Waals surface area contributed by atoms with Crippen LogP contribution in [0.15, 0.2) is 49.1 Å². The van der Waals surface area contributed by atoms with Gasteiger partial charge >= 0.3 is 0 Å². The highest BCUT2D eigenvalue weighted by Gasteiger charge is 2.57. The van der Waals surface area contributed by atoms with E-state index in [9.17, 15) is 14.4 Å². The molecule has 0 N–H and O–H groups in total. The molecule has 1 aromatic carbocycles. The number of methoxy groups -OCH3 is 1. The molecule has 3 amide bonds. The van der Waals surface area contributed by atoms with E-state index >= 15 is 0 Å². The molecule has 164 valence electrons. The Bertz CT molecular complexity index is 918. The number of likely N-dealkylation sites (tertiary alicyclic amines) is 1. The van der Waals surface area contributed by atoms with Crippen LogP contribution >= 0.6 is 0 Å². The first-order chi connectivity index (χ1) is 14.9. The molecule has 1 aliphatic carbocycles. The van der Waals surface area contributed by atoms with E-state index in [2.05, 4.69) is 12.7 Å². The number of imide groups is 1.